The molecule has 108 valence electrons. The zero-order valence-electron chi connectivity index (χ0n) is 12.8. The maximum absolute atomic E-state index is 11.6. The van der Waals surface area contributed by atoms with E-state index in [2.05, 4.69) is 10.1 Å². The van der Waals surface area contributed by atoms with Gasteiger partial charge in [-0.2, -0.15) is 0 Å². The molecule has 0 aromatic heterocycles. The first kappa shape index (κ1) is 17.4. The van der Waals surface area contributed by atoms with Crippen molar-refractivity contribution in [2.45, 2.75) is 71.3 Å². The molecule has 0 radical (unpaired) electrons. The SMILES string of the molecule is CC(C)(C)NC(=O)CCC1CCCCC1.COC. The van der Waals surface area contributed by atoms with E-state index in [0.717, 1.165) is 12.3 Å². The van der Waals surface area contributed by atoms with Crippen LogP contribution in [0.3, 0.4) is 0 Å². The molecule has 1 saturated carbocycles. The molecule has 0 aromatic rings. The van der Waals surface area contributed by atoms with Crippen molar-refractivity contribution in [3.05, 3.63) is 0 Å². The van der Waals surface area contributed by atoms with Gasteiger partial charge in [0.15, 0.2) is 0 Å². The molecule has 0 atom stereocenters. The molecule has 3 nitrogen and oxygen atoms in total. The summed E-state index contributed by atoms with van der Waals surface area (Å²) < 4.78 is 4.25. The van der Waals surface area contributed by atoms with Crippen LogP contribution in [-0.4, -0.2) is 25.7 Å². The Hall–Kier alpha value is -0.570. The van der Waals surface area contributed by atoms with E-state index in [1.807, 2.05) is 20.8 Å². The molecule has 3 heteroatoms. The van der Waals surface area contributed by atoms with Crippen LogP contribution in [0.15, 0.2) is 0 Å². The molecule has 0 unspecified atom stereocenters. The minimum atomic E-state index is -0.0797. The summed E-state index contributed by atoms with van der Waals surface area (Å²) in [5.41, 5.74) is -0.0797. The molecule has 1 amide bonds. The van der Waals surface area contributed by atoms with E-state index in [4.69, 9.17) is 0 Å². The van der Waals surface area contributed by atoms with Gasteiger partial charge in [0, 0.05) is 26.2 Å². The molecule has 1 rings (SSSR count). The highest BCUT2D eigenvalue weighted by atomic mass is 16.4. The summed E-state index contributed by atoms with van der Waals surface area (Å²) >= 11 is 0. The largest absolute Gasteiger partial charge is 0.388 e. The van der Waals surface area contributed by atoms with E-state index in [9.17, 15) is 4.79 Å². The van der Waals surface area contributed by atoms with Crippen LogP contribution in [0.5, 0.6) is 0 Å². The summed E-state index contributed by atoms with van der Waals surface area (Å²) in [6.45, 7) is 6.10. The van der Waals surface area contributed by atoms with Gasteiger partial charge in [-0.15, -0.1) is 0 Å². The van der Waals surface area contributed by atoms with Crippen molar-refractivity contribution >= 4 is 5.91 Å². The lowest BCUT2D eigenvalue weighted by Crippen LogP contribution is -2.40. The zero-order chi connectivity index (χ0) is 14.0. The second-order valence-corrected chi connectivity index (χ2v) is 6.25. The number of carbonyl (C=O) groups excluding carboxylic acids is 1. The second kappa shape index (κ2) is 9.37. The molecule has 0 aromatic carbocycles. The zero-order valence-corrected chi connectivity index (χ0v) is 12.8. The Kier molecular flexibility index (Phi) is 9.08. The van der Waals surface area contributed by atoms with Gasteiger partial charge in [0.1, 0.15) is 0 Å². The Balaban J connectivity index is 0.000000873. The fraction of sp³-hybridized carbons (Fsp3) is 0.933. The molecule has 1 N–H and O–H groups in total. The first-order valence-electron chi connectivity index (χ1n) is 7.10. The molecule has 1 aliphatic carbocycles. The number of amides is 1. The van der Waals surface area contributed by atoms with Crippen LogP contribution in [0.25, 0.3) is 0 Å². The lowest BCUT2D eigenvalue weighted by atomic mass is 9.86. The highest BCUT2D eigenvalue weighted by molar-refractivity contribution is 5.76. The molecule has 0 bridgehead atoms. The third-order valence-electron chi connectivity index (χ3n) is 3.02. The van der Waals surface area contributed by atoms with Gasteiger partial charge >= 0.3 is 0 Å². The number of hydrogen-bond acceptors (Lipinski definition) is 2. The second-order valence-electron chi connectivity index (χ2n) is 6.25. The Morgan fingerprint density at radius 1 is 1.17 bits per heavy atom. The van der Waals surface area contributed by atoms with E-state index < -0.39 is 0 Å². The maximum atomic E-state index is 11.6. The summed E-state index contributed by atoms with van der Waals surface area (Å²) in [5.74, 6) is 1.03. The first-order valence-corrected chi connectivity index (χ1v) is 7.10. The van der Waals surface area contributed by atoms with Gasteiger partial charge in [-0.25, -0.2) is 0 Å². The maximum Gasteiger partial charge on any atom is 0.220 e. The van der Waals surface area contributed by atoms with Gasteiger partial charge in [0.2, 0.25) is 5.91 Å². The molecular weight excluding hydrogens is 226 g/mol. The molecule has 18 heavy (non-hydrogen) atoms. The molecule has 0 spiro atoms. The number of ether oxygens (including phenoxy) is 1. The minimum absolute atomic E-state index is 0.0797. The number of nitrogens with one attached hydrogen (secondary N) is 1. The topological polar surface area (TPSA) is 38.3 Å². The van der Waals surface area contributed by atoms with Gasteiger partial charge in [-0.05, 0) is 33.1 Å². The summed E-state index contributed by atoms with van der Waals surface area (Å²) in [6, 6.07) is 0. The highest BCUT2D eigenvalue weighted by Gasteiger charge is 2.17. The number of rotatable bonds is 3. The number of carbonyl (C=O) groups is 1. The van der Waals surface area contributed by atoms with Crippen molar-refractivity contribution in [2.75, 3.05) is 14.2 Å². The standard InChI is InChI=1S/C13H25NO.C2H6O/c1-13(2,3)14-12(15)10-9-11-7-5-4-6-8-11;1-3-2/h11H,4-10H2,1-3H3,(H,14,15);1-2H3. The van der Waals surface area contributed by atoms with Crippen LogP contribution in [0.1, 0.15) is 65.7 Å². The number of hydrogen-bond donors (Lipinski definition) is 1. The summed E-state index contributed by atoms with van der Waals surface area (Å²) in [5, 5.41) is 3.02. The average Bonchev–Trinajstić information content (AvgIpc) is 2.27. The van der Waals surface area contributed by atoms with E-state index >= 15 is 0 Å². The first-order chi connectivity index (χ1) is 8.39. The lowest BCUT2D eigenvalue weighted by molar-refractivity contribution is -0.122. The molecule has 0 heterocycles. The van der Waals surface area contributed by atoms with Crippen LogP contribution in [0, 0.1) is 5.92 Å². The van der Waals surface area contributed by atoms with Gasteiger partial charge in [0.05, 0.1) is 0 Å². The third-order valence-corrected chi connectivity index (χ3v) is 3.02. The van der Waals surface area contributed by atoms with Crippen LogP contribution < -0.4 is 5.32 Å². The summed E-state index contributed by atoms with van der Waals surface area (Å²) in [4.78, 5) is 11.6. The van der Waals surface area contributed by atoms with Crippen molar-refractivity contribution in [2.24, 2.45) is 5.92 Å². The highest BCUT2D eigenvalue weighted by Crippen LogP contribution is 2.27. The van der Waals surface area contributed by atoms with Crippen LogP contribution in [0.2, 0.25) is 0 Å². The van der Waals surface area contributed by atoms with Crippen molar-refractivity contribution in [3.8, 4) is 0 Å². The van der Waals surface area contributed by atoms with E-state index in [1.165, 1.54) is 32.1 Å². The van der Waals surface area contributed by atoms with Crippen molar-refractivity contribution in [1.82, 2.24) is 5.32 Å². The smallest absolute Gasteiger partial charge is 0.220 e. The van der Waals surface area contributed by atoms with Crippen LogP contribution in [-0.2, 0) is 9.53 Å². The van der Waals surface area contributed by atoms with Gasteiger partial charge in [-0.3, -0.25) is 4.79 Å². The summed E-state index contributed by atoms with van der Waals surface area (Å²) in [7, 11) is 3.25. The Bertz CT molecular complexity index is 215. The third kappa shape index (κ3) is 10.6. The number of methoxy groups -OCH3 is 1. The van der Waals surface area contributed by atoms with Gasteiger partial charge in [0.25, 0.3) is 0 Å². The molecule has 0 aliphatic heterocycles. The van der Waals surface area contributed by atoms with Crippen molar-refractivity contribution in [1.29, 1.82) is 0 Å². The van der Waals surface area contributed by atoms with Crippen molar-refractivity contribution < 1.29 is 9.53 Å². The minimum Gasteiger partial charge on any atom is -0.388 e. The van der Waals surface area contributed by atoms with E-state index in [1.54, 1.807) is 14.2 Å². The van der Waals surface area contributed by atoms with Crippen molar-refractivity contribution in [3.63, 3.8) is 0 Å². The summed E-state index contributed by atoms with van der Waals surface area (Å²) in [6.07, 6.45) is 8.59. The molecule has 1 aliphatic rings. The molecular formula is C15H31NO2. The fourth-order valence-electron chi connectivity index (χ4n) is 2.29. The molecule has 1 fully saturated rings. The quantitative estimate of drug-likeness (QED) is 0.840. The Morgan fingerprint density at radius 2 is 1.67 bits per heavy atom. The Labute approximate surface area is 113 Å². The van der Waals surface area contributed by atoms with Crippen LogP contribution >= 0.6 is 0 Å². The van der Waals surface area contributed by atoms with E-state index in [-0.39, 0.29) is 11.4 Å². The fourth-order valence-corrected chi connectivity index (χ4v) is 2.29. The predicted octanol–water partition coefficient (Wildman–Crippen LogP) is 3.52. The predicted molar refractivity (Wildman–Crippen MR) is 76.6 cm³/mol. The van der Waals surface area contributed by atoms with Gasteiger partial charge < -0.3 is 10.1 Å². The average molecular weight is 257 g/mol. The normalized spacial score (nSPS) is 16.7. The Morgan fingerprint density at radius 3 is 2.11 bits per heavy atom. The lowest BCUT2D eigenvalue weighted by Gasteiger charge is -2.23. The van der Waals surface area contributed by atoms with Crippen LogP contribution in [0.4, 0.5) is 0 Å². The molecule has 0 saturated heterocycles. The monoisotopic (exact) mass is 257 g/mol. The van der Waals surface area contributed by atoms with Gasteiger partial charge in [-0.1, -0.05) is 32.1 Å². The van der Waals surface area contributed by atoms with E-state index in [0.29, 0.717) is 6.42 Å².